The Morgan fingerprint density at radius 3 is 2.24 bits per heavy atom. The Morgan fingerprint density at radius 1 is 0.905 bits per heavy atom. The Bertz CT molecular complexity index is 1420. The lowest BCUT2D eigenvalue weighted by molar-refractivity contribution is -0.138. The molecule has 0 heterocycles. The van der Waals surface area contributed by atoms with Gasteiger partial charge in [-0.1, -0.05) is 51.9 Å². The van der Waals surface area contributed by atoms with E-state index >= 15 is 0 Å². The lowest BCUT2D eigenvalue weighted by atomic mass is 10.1. The number of halogens is 3. The van der Waals surface area contributed by atoms with E-state index in [4.69, 9.17) is 14.4 Å². The molecule has 0 aromatic heterocycles. The van der Waals surface area contributed by atoms with E-state index in [1.807, 2.05) is 6.07 Å². The first-order valence-corrected chi connectivity index (χ1v) is 12.8. The summed E-state index contributed by atoms with van der Waals surface area (Å²) in [6, 6.07) is 19.1. The normalized spacial score (nSPS) is 12.3. The summed E-state index contributed by atoms with van der Waals surface area (Å²) in [6.07, 6.45) is -3.41. The fraction of sp³-hybridized carbons (Fsp3) is 0.267. The fourth-order valence-electron chi connectivity index (χ4n) is 3.75. The molecule has 0 bridgehead atoms. The first-order valence-electron chi connectivity index (χ1n) is 12.8. The van der Waals surface area contributed by atoms with Crippen LogP contribution in [-0.4, -0.2) is 44.3 Å². The van der Waals surface area contributed by atoms with E-state index in [1.54, 1.807) is 63.4 Å². The van der Waals surface area contributed by atoms with Crippen molar-refractivity contribution in [2.24, 2.45) is 15.5 Å². The van der Waals surface area contributed by atoms with Crippen LogP contribution in [0.1, 0.15) is 36.1 Å². The maximum Gasteiger partial charge on any atom is 0.416 e. The maximum absolute atomic E-state index is 13.3. The summed E-state index contributed by atoms with van der Waals surface area (Å²) in [6.45, 7) is 3.61. The van der Waals surface area contributed by atoms with Crippen LogP contribution in [0.25, 0.3) is 0 Å². The van der Waals surface area contributed by atoms with Gasteiger partial charge in [-0.05, 0) is 50.2 Å². The molecule has 3 rings (SSSR count). The number of benzene rings is 3. The van der Waals surface area contributed by atoms with Gasteiger partial charge in [0, 0.05) is 23.7 Å². The average molecular weight is 585 g/mol. The molecule has 9 nitrogen and oxygen atoms in total. The molecule has 0 saturated heterocycles. The predicted molar refractivity (Wildman–Crippen MR) is 154 cm³/mol. The molecule has 3 aromatic carbocycles. The molecule has 1 amide bonds. The molecule has 12 heteroatoms. The molecule has 0 saturated carbocycles. The third-order valence-electron chi connectivity index (χ3n) is 5.85. The highest BCUT2D eigenvalue weighted by atomic mass is 19.4. The third-order valence-corrected chi connectivity index (χ3v) is 5.85. The zero-order valence-electron chi connectivity index (χ0n) is 23.6. The minimum Gasteiger partial charge on any atom is -0.489 e. The van der Waals surface area contributed by atoms with Crippen LogP contribution in [0.3, 0.4) is 0 Å². The van der Waals surface area contributed by atoms with Crippen molar-refractivity contribution in [1.82, 2.24) is 0 Å². The van der Waals surface area contributed by atoms with Gasteiger partial charge in [0.25, 0.3) is 5.91 Å². The topological polar surface area (TPSA) is 94.3 Å². The van der Waals surface area contributed by atoms with Gasteiger partial charge >= 0.3 is 6.18 Å². The van der Waals surface area contributed by atoms with Crippen molar-refractivity contribution >= 4 is 29.2 Å². The SMILES string of the molecule is CCON=C(C(C)=NOCc1ccccc1N(C)C(=O)C=NOC)c1ccc(OCc2ccccc2C(F)(F)F)cc1. The van der Waals surface area contributed by atoms with Crippen LogP contribution in [0.5, 0.6) is 5.75 Å². The van der Waals surface area contributed by atoms with E-state index < -0.39 is 11.7 Å². The van der Waals surface area contributed by atoms with E-state index in [0.29, 0.717) is 40.6 Å². The van der Waals surface area contributed by atoms with Gasteiger partial charge in [0.1, 0.15) is 50.3 Å². The van der Waals surface area contributed by atoms with Crippen molar-refractivity contribution < 1.29 is 37.2 Å². The Balaban J connectivity index is 1.71. The van der Waals surface area contributed by atoms with Gasteiger partial charge < -0.3 is 24.1 Å². The van der Waals surface area contributed by atoms with Crippen molar-refractivity contribution in [3.8, 4) is 5.75 Å². The molecular weight excluding hydrogens is 553 g/mol. The predicted octanol–water partition coefficient (Wildman–Crippen LogP) is 6.21. The van der Waals surface area contributed by atoms with E-state index in [9.17, 15) is 18.0 Å². The van der Waals surface area contributed by atoms with Gasteiger partial charge in [0.05, 0.1) is 11.3 Å². The van der Waals surface area contributed by atoms with E-state index in [2.05, 4.69) is 20.3 Å². The standard InChI is InChI=1S/C30H31F3N4O5/c1-5-41-36-29(21(2)35-42-20-24-11-7-9-13-27(24)37(3)28(38)18-34-39-4)22-14-16-25(17-15-22)40-19-23-10-6-8-12-26(23)30(31,32)33/h6-18H,5,19-20H2,1-4H3. The fourth-order valence-corrected chi connectivity index (χ4v) is 3.75. The lowest BCUT2D eigenvalue weighted by Gasteiger charge is -2.18. The van der Waals surface area contributed by atoms with Crippen molar-refractivity contribution in [1.29, 1.82) is 0 Å². The van der Waals surface area contributed by atoms with Crippen molar-refractivity contribution in [2.45, 2.75) is 33.2 Å². The smallest absolute Gasteiger partial charge is 0.416 e. The van der Waals surface area contributed by atoms with Crippen LogP contribution in [-0.2, 0) is 38.7 Å². The Morgan fingerprint density at radius 2 is 1.57 bits per heavy atom. The summed E-state index contributed by atoms with van der Waals surface area (Å²) < 4.78 is 45.5. The van der Waals surface area contributed by atoms with Gasteiger partial charge in [-0.3, -0.25) is 4.79 Å². The van der Waals surface area contributed by atoms with Crippen LogP contribution < -0.4 is 9.64 Å². The zero-order valence-corrected chi connectivity index (χ0v) is 23.6. The largest absolute Gasteiger partial charge is 0.489 e. The van der Waals surface area contributed by atoms with Crippen LogP contribution >= 0.6 is 0 Å². The number of ether oxygens (including phenoxy) is 1. The van der Waals surface area contributed by atoms with E-state index in [1.165, 1.54) is 30.2 Å². The summed E-state index contributed by atoms with van der Waals surface area (Å²) in [5.41, 5.74) is 2.03. The van der Waals surface area contributed by atoms with Crippen LogP contribution in [0.15, 0.2) is 88.3 Å². The molecule has 0 atom stereocenters. The number of para-hydroxylation sites is 1. The highest BCUT2D eigenvalue weighted by Gasteiger charge is 2.33. The maximum atomic E-state index is 13.3. The van der Waals surface area contributed by atoms with Gasteiger partial charge in [-0.2, -0.15) is 13.2 Å². The highest BCUT2D eigenvalue weighted by Crippen LogP contribution is 2.32. The zero-order chi connectivity index (χ0) is 30.5. The average Bonchev–Trinajstić information content (AvgIpc) is 2.99. The summed E-state index contributed by atoms with van der Waals surface area (Å²) in [5.74, 6) is -0.00440. The van der Waals surface area contributed by atoms with E-state index in [0.717, 1.165) is 12.3 Å². The van der Waals surface area contributed by atoms with Crippen molar-refractivity contribution in [2.75, 3.05) is 25.7 Å². The number of carbonyl (C=O) groups excluding carboxylic acids is 1. The molecular formula is C30H31F3N4O5. The molecule has 0 unspecified atom stereocenters. The summed E-state index contributed by atoms with van der Waals surface area (Å²) >= 11 is 0. The van der Waals surface area contributed by atoms with Crippen molar-refractivity contribution in [3.05, 3.63) is 95.1 Å². The van der Waals surface area contributed by atoms with Crippen LogP contribution in [0, 0.1) is 0 Å². The summed E-state index contributed by atoms with van der Waals surface area (Å²) in [4.78, 5) is 29.2. The first-order chi connectivity index (χ1) is 20.2. The molecule has 222 valence electrons. The molecule has 0 N–H and O–H groups in total. The molecule has 0 fully saturated rings. The molecule has 0 spiro atoms. The number of amides is 1. The molecule has 0 aliphatic rings. The quantitative estimate of drug-likeness (QED) is 0.176. The number of rotatable bonds is 13. The Hall–Kier alpha value is -4.87. The second-order valence-corrected chi connectivity index (χ2v) is 8.72. The minimum absolute atomic E-state index is 0.0352. The van der Waals surface area contributed by atoms with Gasteiger partial charge in [-0.15, -0.1) is 0 Å². The lowest BCUT2D eigenvalue weighted by Crippen LogP contribution is -2.28. The first kappa shape index (κ1) is 31.7. The molecule has 42 heavy (non-hydrogen) atoms. The van der Waals surface area contributed by atoms with E-state index in [-0.39, 0.29) is 24.7 Å². The molecule has 0 aliphatic carbocycles. The summed E-state index contributed by atoms with van der Waals surface area (Å²) in [7, 11) is 2.95. The number of alkyl halides is 3. The molecule has 0 aliphatic heterocycles. The number of nitrogens with zero attached hydrogens (tertiary/aromatic N) is 4. The molecule has 0 radical (unpaired) electrons. The van der Waals surface area contributed by atoms with Crippen LogP contribution in [0.2, 0.25) is 0 Å². The number of anilines is 1. The monoisotopic (exact) mass is 584 g/mol. The van der Waals surface area contributed by atoms with Gasteiger partial charge in [-0.25, -0.2) is 0 Å². The summed E-state index contributed by atoms with van der Waals surface area (Å²) in [5, 5.41) is 11.9. The molecule has 3 aromatic rings. The van der Waals surface area contributed by atoms with Gasteiger partial charge in [0.15, 0.2) is 0 Å². The van der Waals surface area contributed by atoms with Crippen molar-refractivity contribution in [3.63, 3.8) is 0 Å². The number of hydrogen-bond donors (Lipinski definition) is 0. The van der Waals surface area contributed by atoms with Crippen LogP contribution in [0.4, 0.5) is 18.9 Å². The Kier molecular flexibility index (Phi) is 11.5. The second-order valence-electron chi connectivity index (χ2n) is 8.72. The number of carbonyl (C=O) groups is 1. The second kappa shape index (κ2) is 15.2. The number of hydrogen-bond acceptors (Lipinski definition) is 8. The Labute approximate surface area is 241 Å². The van der Waals surface area contributed by atoms with Gasteiger partial charge in [0.2, 0.25) is 0 Å². The number of oxime groups is 3. The third kappa shape index (κ3) is 8.82. The highest BCUT2D eigenvalue weighted by molar-refractivity contribution is 6.47. The minimum atomic E-state index is -4.47.